The standard InChI is InChI=1S/C11H24N2O/c1-11(2,9-12)5-6-13(7-8-14)10-3-4-10/h10,14H,3-9,12H2,1-2H3. The van der Waals surface area contributed by atoms with Gasteiger partial charge in [-0.3, -0.25) is 4.90 Å². The zero-order valence-corrected chi connectivity index (χ0v) is 9.50. The summed E-state index contributed by atoms with van der Waals surface area (Å²) in [5.74, 6) is 0. The van der Waals surface area contributed by atoms with E-state index < -0.39 is 0 Å². The number of nitrogens with two attached hydrogens (primary N) is 1. The summed E-state index contributed by atoms with van der Waals surface area (Å²) >= 11 is 0. The molecule has 1 fully saturated rings. The van der Waals surface area contributed by atoms with E-state index in [1.165, 1.54) is 12.8 Å². The SMILES string of the molecule is CC(C)(CN)CCN(CCO)C1CC1. The monoisotopic (exact) mass is 200 g/mol. The minimum Gasteiger partial charge on any atom is -0.395 e. The fourth-order valence-corrected chi connectivity index (χ4v) is 1.59. The summed E-state index contributed by atoms with van der Waals surface area (Å²) in [5.41, 5.74) is 5.93. The third-order valence-corrected chi connectivity index (χ3v) is 3.08. The van der Waals surface area contributed by atoms with Crippen LogP contribution < -0.4 is 5.73 Å². The predicted octanol–water partition coefficient (Wildman–Crippen LogP) is 0.818. The van der Waals surface area contributed by atoms with Crippen molar-refractivity contribution in [2.75, 3.05) is 26.2 Å². The van der Waals surface area contributed by atoms with Crippen molar-refractivity contribution in [2.24, 2.45) is 11.1 Å². The maximum atomic E-state index is 8.93. The number of nitrogens with zero attached hydrogens (tertiary/aromatic N) is 1. The van der Waals surface area contributed by atoms with Crippen molar-refractivity contribution < 1.29 is 5.11 Å². The summed E-state index contributed by atoms with van der Waals surface area (Å²) in [5, 5.41) is 8.93. The predicted molar refractivity (Wildman–Crippen MR) is 59.1 cm³/mol. The van der Waals surface area contributed by atoms with Gasteiger partial charge in [0, 0.05) is 12.6 Å². The Labute approximate surface area is 87.3 Å². The zero-order chi connectivity index (χ0) is 10.6. The minimum atomic E-state index is 0.239. The van der Waals surface area contributed by atoms with Crippen molar-refractivity contribution >= 4 is 0 Å². The van der Waals surface area contributed by atoms with Crippen molar-refractivity contribution in [2.45, 2.75) is 39.2 Å². The summed E-state index contributed by atoms with van der Waals surface area (Å²) in [6.45, 7) is 7.33. The highest BCUT2D eigenvalue weighted by Gasteiger charge is 2.29. The molecule has 84 valence electrons. The first-order valence-corrected chi connectivity index (χ1v) is 5.64. The van der Waals surface area contributed by atoms with Crippen LogP contribution in [0.3, 0.4) is 0 Å². The molecule has 1 aliphatic carbocycles. The molecule has 3 heteroatoms. The van der Waals surface area contributed by atoms with Crippen LogP contribution in [0.5, 0.6) is 0 Å². The van der Waals surface area contributed by atoms with E-state index in [4.69, 9.17) is 10.8 Å². The first kappa shape index (κ1) is 12.0. The molecular weight excluding hydrogens is 176 g/mol. The molecule has 1 rings (SSSR count). The second-order valence-corrected chi connectivity index (χ2v) is 5.11. The van der Waals surface area contributed by atoms with Crippen LogP contribution in [-0.2, 0) is 0 Å². The van der Waals surface area contributed by atoms with Crippen LogP contribution in [0.15, 0.2) is 0 Å². The normalized spacial score (nSPS) is 17.8. The lowest BCUT2D eigenvalue weighted by atomic mass is 9.89. The first-order valence-electron chi connectivity index (χ1n) is 5.64. The molecule has 3 nitrogen and oxygen atoms in total. The molecule has 3 N–H and O–H groups in total. The topological polar surface area (TPSA) is 49.5 Å². The Morgan fingerprint density at radius 2 is 2.00 bits per heavy atom. The molecule has 0 amide bonds. The van der Waals surface area contributed by atoms with Gasteiger partial charge in [-0.1, -0.05) is 13.8 Å². The quantitative estimate of drug-likeness (QED) is 0.639. The van der Waals surface area contributed by atoms with E-state index in [1.807, 2.05) is 0 Å². The van der Waals surface area contributed by atoms with Crippen molar-refractivity contribution in [3.63, 3.8) is 0 Å². The third-order valence-electron chi connectivity index (χ3n) is 3.08. The van der Waals surface area contributed by atoms with Gasteiger partial charge >= 0.3 is 0 Å². The van der Waals surface area contributed by atoms with Gasteiger partial charge in [0.25, 0.3) is 0 Å². The molecule has 0 aromatic heterocycles. The molecule has 14 heavy (non-hydrogen) atoms. The van der Waals surface area contributed by atoms with Gasteiger partial charge in [-0.2, -0.15) is 0 Å². The highest BCUT2D eigenvalue weighted by atomic mass is 16.3. The van der Waals surface area contributed by atoms with Gasteiger partial charge < -0.3 is 10.8 Å². The molecule has 0 saturated heterocycles. The van der Waals surface area contributed by atoms with E-state index in [0.717, 1.165) is 32.1 Å². The van der Waals surface area contributed by atoms with Gasteiger partial charge in [0.05, 0.1) is 6.61 Å². The average Bonchev–Trinajstić information content (AvgIpc) is 2.95. The molecule has 0 unspecified atom stereocenters. The molecule has 0 bridgehead atoms. The lowest BCUT2D eigenvalue weighted by Crippen LogP contribution is -2.34. The van der Waals surface area contributed by atoms with Crippen LogP contribution in [0.4, 0.5) is 0 Å². The molecule has 0 aromatic rings. The van der Waals surface area contributed by atoms with E-state index in [1.54, 1.807) is 0 Å². The fourth-order valence-electron chi connectivity index (χ4n) is 1.59. The maximum Gasteiger partial charge on any atom is 0.0558 e. The van der Waals surface area contributed by atoms with Crippen molar-refractivity contribution in [3.05, 3.63) is 0 Å². The van der Waals surface area contributed by atoms with Gasteiger partial charge in [0.2, 0.25) is 0 Å². The summed E-state index contributed by atoms with van der Waals surface area (Å²) in [6, 6.07) is 0.746. The average molecular weight is 200 g/mol. The Hall–Kier alpha value is -0.120. The van der Waals surface area contributed by atoms with Crippen molar-refractivity contribution in [1.29, 1.82) is 0 Å². The third kappa shape index (κ3) is 3.95. The van der Waals surface area contributed by atoms with E-state index in [-0.39, 0.29) is 12.0 Å². The number of aliphatic hydroxyl groups is 1. The highest BCUT2D eigenvalue weighted by molar-refractivity contribution is 4.85. The van der Waals surface area contributed by atoms with Crippen LogP contribution in [0.25, 0.3) is 0 Å². The largest absolute Gasteiger partial charge is 0.395 e. The van der Waals surface area contributed by atoms with Gasteiger partial charge in [0.15, 0.2) is 0 Å². The number of rotatable bonds is 7. The molecule has 0 heterocycles. The molecular formula is C11H24N2O. The lowest BCUT2D eigenvalue weighted by Gasteiger charge is -2.28. The Balaban J connectivity index is 2.25. The molecule has 1 saturated carbocycles. The van der Waals surface area contributed by atoms with Crippen molar-refractivity contribution in [3.8, 4) is 0 Å². The van der Waals surface area contributed by atoms with Gasteiger partial charge in [0.1, 0.15) is 0 Å². The first-order chi connectivity index (χ1) is 6.59. The van der Waals surface area contributed by atoms with Crippen LogP contribution in [-0.4, -0.2) is 42.3 Å². The van der Waals surface area contributed by atoms with E-state index in [0.29, 0.717) is 0 Å². The number of hydrogen-bond donors (Lipinski definition) is 2. The second-order valence-electron chi connectivity index (χ2n) is 5.11. The van der Waals surface area contributed by atoms with E-state index in [2.05, 4.69) is 18.7 Å². The minimum absolute atomic E-state index is 0.239. The zero-order valence-electron chi connectivity index (χ0n) is 9.50. The number of hydrogen-bond acceptors (Lipinski definition) is 3. The summed E-state index contributed by atoms with van der Waals surface area (Å²) < 4.78 is 0. The fraction of sp³-hybridized carbons (Fsp3) is 1.00. The maximum absolute atomic E-state index is 8.93. The Morgan fingerprint density at radius 3 is 2.43 bits per heavy atom. The van der Waals surface area contributed by atoms with Crippen LogP contribution in [0.1, 0.15) is 33.1 Å². The van der Waals surface area contributed by atoms with Crippen LogP contribution in [0.2, 0.25) is 0 Å². The Kier molecular flexibility index (Phi) is 4.35. The Bertz CT molecular complexity index is 167. The summed E-state index contributed by atoms with van der Waals surface area (Å²) in [7, 11) is 0. The van der Waals surface area contributed by atoms with Gasteiger partial charge in [-0.05, 0) is 37.8 Å². The highest BCUT2D eigenvalue weighted by Crippen LogP contribution is 2.28. The van der Waals surface area contributed by atoms with E-state index in [9.17, 15) is 0 Å². The molecule has 0 aromatic carbocycles. The number of aliphatic hydroxyl groups excluding tert-OH is 1. The summed E-state index contributed by atoms with van der Waals surface area (Å²) in [6.07, 6.45) is 3.74. The van der Waals surface area contributed by atoms with E-state index >= 15 is 0 Å². The smallest absolute Gasteiger partial charge is 0.0558 e. The van der Waals surface area contributed by atoms with Crippen molar-refractivity contribution in [1.82, 2.24) is 4.90 Å². The van der Waals surface area contributed by atoms with Crippen LogP contribution >= 0.6 is 0 Å². The Morgan fingerprint density at radius 1 is 1.36 bits per heavy atom. The van der Waals surface area contributed by atoms with Crippen LogP contribution in [0, 0.1) is 5.41 Å². The molecule has 0 radical (unpaired) electrons. The van der Waals surface area contributed by atoms with Gasteiger partial charge in [-0.25, -0.2) is 0 Å². The molecule has 0 aliphatic heterocycles. The summed E-state index contributed by atoms with van der Waals surface area (Å²) in [4.78, 5) is 2.40. The molecule has 0 atom stereocenters. The molecule has 0 spiro atoms. The molecule has 1 aliphatic rings. The lowest BCUT2D eigenvalue weighted by molar-refractivity contribution is 0.168. The second kappa shape index (κ2) is 5.10. The van der Waals surface area contributed by atoms with Gasteiger partial charge in [-0.15, -0.1) is 0 Å².